The number of aromatic nitrogens is 4. The molecule has 0 saturated carbocycles. The van der Waals surface area contributed by atoms with Crippen LogP contribution in [0.2, 0.25) is 0 Å². The molecule has 0 aliphatic carbocycles. The van der Waals surface area contributed by atoms with Crippen LogP contribution < -0.4 is 0 Å². The van der Waals surface area contributed by atoms with E-state index >= 15 is 0 Å². The third-order valence-corrected chi connectivity index (χ3v) is 3.48. The molecule has 0 aliphatic heterocycles. The van der Waals surface area contributed by atoms with Crippen LogP contribution in [-0.2, 0) is 6.54 Å². The molecule has 3 aromatic rings. The number of aryl methyl sites for hydroxylation is 1. The summed E-state index contributed by atoms with van der Waals surface area (Å²) in [5, 5.41) is 5.59. The van der Waals surface area contributed by atoms with Gasteiger partial charge in [0.2, 0.25) is 0 Å². The van der Waals surface area contributed by atoms with Crippen LogP contribution in [0.15, 0.2) is 36.8 Å². The molecule has 0 saturated heterocycles. The van der Waals surface area contributed by atoms with Gasteiger partial charge in [-0.1, -0.05) is 12.1 Å². The van der Waals surface area contributed by atoms with Gasteiger partial charge < -0.3 is 4.57 Å². The molecule has 1 aromatic carbocycles. The summed E-state index contributed by atoms with van der Waals surface area (Å²) in [5.41, 5.74) is 2.56. The summed E-state index contributed by atoms with van der Waals surface area (Å²) in [6.45, 7) is 7.14. The van der Waals surface area contributed by atoms with E-state index in [0.717, 1.165) is 12.4 Å². The number of hydrogen-bond acceptors (Lipinski definition) is 2. The average Bonchev–Trinajstić information content (AvgIpc) is 2.98. The van der Waals surface area contributed by atoms with Gasteiger partial charge in [0.1, 0.15) is 12.2 Å². The topological polar surface area (TPSA) is 35.6 Å². The van der Waals surface area contributed by atoms with E-state index in [1.165, 1.54) is 16.5 Å². The largest absolute Gasteiger partial charge is 0.340 e. The molecule has 4 nitrogen and oxygen atoms in total. The lowest BCUT2D eigenvalue weighted by Crippen LogP contribution is -2.11. The number of rotatable bonds is 3. The molecule has 0 aliphatic rings. The highest BCUT2D eigenvalue weighted by Crippen LogP contribution is 2.20. The molecule has 0 amide bonds. The van der Waals surface area contributed by atoms with E-state index in [4.69, 9.17) is 0 Å². The molecule has 0 atom stereocenters. The van der Waals surface area contributed by atoms with Crippen molar-refractivity contribution in [2.75, 3.05) is 0 Å². The van der Waals surface area contributed by atoms with Gasteiger partial charge in [-0.2, -0.15) is 5.10 Å². The third kappa shape index (κ3) is 2.03. The Bertz CT molecular complexity index is 706. The monoisotopic (exact) mass is 254 g/mol. The maximum atomic E-state index is 4.37. The maximum Gasteiger partial charge on any atom is 0.147 e. The van der Waals surface area contributed by atoms with E-state index < -0.39 is 0 Å². The van der Waals surface area contributed by atoms with Gasteiger partial charge in [0.15, 0.2) is 0 Å². The smallest absolute Gasteiger partial charge is 0.147 e. The molecule has 0 bridgehead atoms. The zero-order valence-electron chi connectivity index (χ0n) is 11.5. The summed E-state index contributed by atoms with van der Waals surface area (Å²) in [7, 11) is 0. The van der Waals surface area contributed by atoms with Crippen LogP contribution >= 0.6 is 0 Å². The van der Waals surface area contributed by atoms with E-state index in [1.54, 1.807) is 6.33 Å². The van der Waals surface area contributed by atoms with Gasteiger partial charge in [-0.3, -0.25) is 0 Å². The summed E-state index contributed by atoms with van der Waals surface area (Å²) in [6, 6.07) is 8.89. The highest BCUT2D eigenvalue weighted by Gasteiger charge is 2.10. The lowest BCUT2D eigenvalue weighted by Gasteiger charge is -2.10. The fraction of sp³-hybridized carbons (Fsp3) is 0.333. The van der Waals surface area contributed by atoms with Crippen molar-refractivity contribution in [1.29, 1.82) is 0 Å². The van der Waals surface area contributed by atoms with Gasteiger partial charge >= 0.3 is 0 Å². The SMILES string of the molecule is Cc1cccc2c1ccn2Cc1ncnn1C(C)C. The van der Waals surface area contributed by atoms with E-state index in [9.17, 15) is 0 Å². The first-order chi connectivity index (χ1) is 9.16. The van der Waals surface area contributed by atoms with Crippen molar-refractivity contribution in [3.63, 3.8) is 0 Å². The Hall–Kier alpha value is -2.10. The molecule has 98 valence electrons. The van der Waals surface area contributed by atoms with Crippen molar-refractivity contribution in [2.45, 2.75) is 33.4 Å². The minimum absolute atomic E-state index is 0.334. The van der Waals surface area contributed by atoms with Crippen LogP contribution in [0.4, 0.5) is 0 Å². The first kappa shape index (κ1) is 12.0. The van der Waals surface area contributed by atoms with Crippen LogP contribution in [-0.4, -0.2) is 19.3 Å². The van der Waals surface area contributed by atoms with Crippen LogP contribution in [0.3, 0.4) is 0 Å². The molecule has 0 unspecified atom stereocenters. The van der Waals surface area contributed by atoms with Crippen LogP contribution in [0.5, 0.6) is 0 Å². The van der Waals surface area contributed by atoms with Gasteiger partial charge in [-0.15, -0.1) is 0 Å². The second-order valence-corrected chi connectivity index (χ2v) is 5.17. The Labute approximate surface area is 112 Å². The number of nitrogens with zero attached hydrogens (tertiary/aromatic N) is 4. The molecule has 0 N–H and O–H groups in total. The van der Waals surface area contributed by atoms with Crippen molar-refractivity contribution >= 4 is 10.9 Å². The van der Waals surface area contributed by atoms with Crippen molar-refractivity contribution in [2.24, 2.45) is 0 Å². The minimum Gasteiger partial charge on any atom is -0.340 e. The summed E-state index contributed by atoms with van der Waals surface area (Å²) >= 11 is 0. The predicted molar refractivity (Wildman–Crippen MR) is 76.2 cm³/mol. The highest BCUT2D eigenvalue weighted by atomic mass is 15.4. The summed E-state index contributed by atoms with van der Waals surface area (Å²) in [5.74, 6) is 0.994. The second-order valence-electron chi connectivity index (χ2n) is 5.17. The fourth-order valence-electron chi connectivity index (χ4n) is 2.49. The van der Waals surface area contributed by atoms with Crippen molar-refractivity contribution < 1.29 is 0 Å². The molecule has 4 heteroatoms. The Morgan fingerprint density at radius 3 is 2.84 bits per heavy atom. The minimum atomic E-state index is 0.334. The second kappa shape index (κ2) is 4.53. The zero-order chi connectivity index (χ0) is 13.4. The number of benzene rings is 1. The van der Waals surface area contributed by atoms with Crippen LogP contribution in [0, 0.1) is 6.92 Å². The molecule has 0 spiro atoms. The van der Waals surface area contributed by atoms with E-state index in [2.05, 4.69) is 65.9 Å². The highest BCUT2D eigenvalue weighted by molar-refractivity contribution is 5.83. The van der Waals surface area contributed by atoms with E-state index in [-0.39, 0.29) is 0 Å². The van der Waals surface area contributed by atoms with Crippen molar-refractivity contribution in [3.05, 3.63) is 48.2 Å². The average molecular weight is 254 g/mol. The van der Waals surface area contributed by atoms with Gasteiger partial charge in [0.05, 0.1) is 6.54 Å². The van der Waals surface area contributed by atoms with Crippen molar-refractivity contribution in [1.82, 2.24) is 19.3 Å². The van der Waals surface area contributed by atoms with Crippen LogP contribution in [0.25, 0.3) is 10.9 Å². The summed E-state index contributed by atoms with van der Waals surface area (Å²) in [4.78, 5) is 4.37. The predicted octanol–water partition coefficient (Wildman–Crippen LogP) is 3.17. The summed E-state index contributed by atoms with van der Waals surface area (Å²) < 4.78 is 4.20. The lowest BCUT2D eigenvalue weighted by molar-refractivity contribution is 0.498. The van der Waals surface area contributed by atoms with Gasteiger partial charge in [-0.05, 0) is 38.5 Å². The van der Waals surface area contributed by atoms with E-state index in [1.807, 2.05) is 4.68 Å². The normalized spacial score (nSPS) is 11.6. The van der Waals surface area contributed by atoms with Gasteiger partial charge in [-0.25, -0.2) is 9.67 Å². The zero-order valence-corrected chi connectivity index (χ0v) is 11.5. The van der Waals surface area contributed by atoms with Gasteiger partial charge in [0.25, 0.3) is 0 Å². The summed E-state index contributed by atoms with van der Waals surface area (Å²) in [6.07, 6.45) is 3.75. The quantitative estimate of drug-likeness (QED) is 0.719. The lowest BCUT2D eigenvalue weighted by atomic mass is 10.1. The Balaban J connectivity index is 2.02. The molecule has 0 radical (unpaired) electrons. The maximum absolute atomic E-state index is 4.37. The molecule has 3 rings (SSSR count). The first-order valence-corrected chi connectivity index (χ1v) is 6.59. The molecular formula is C15H18N4. The van der Waals surface area contributed by atoms with E-state index in [0.29, 0.717) is 6.04 Å². The van der Waals surface area contributed by atoms with Crippen molar-refractivity contribution in [3.8, 4) is 0 Å². The van der Waals surface area contributed by atoms with Gasteiger partial charge in [0, 0.05) is 23.1 Å². The Kier molecular flexibility index (Phi) is 2.85. The molecular weight excluding hydrogens is 236 g/mol. The fourth-order valence-corrected chi connectivity index (χ4v) is 2.49. The number of fused-ring (bicyclic) bond motifs is 1. The molecule has 0 fully saturated rings. The molecule has 19 heavy (non-hydrogen) atoms. The Morgan fingerprint density at radius 2 is 2.05 bits per heavy atom. The molecule has 2 aromatic heterocycles. The Morgan fingerprint density at radius 1 is 1.21 bits per heavy atom. The standard InChI is InChI=1S/C15H18N4/c1-11(2)19-15(16-10-17-19)9-18-8-7-13-12(3)5-4-6-14(13)18/h4-8,10-11H,9H2,1-3H3. The van der Waals surface area contributed by atoms with Crippen LogP contribution in [0.1, 0.15) is 31.3 Å². The first-order valence-electron chi connectivity index (χ1n) is 6.59. The third-order valence-electron chi connectivity index (χ3n) is 3.48. The molecule has 2 heterocycles. The number of hydrogen-bond donors (Lipinski definition) is 0.